The average molecular weight is 757 g/mol. The fourth-order valence-electron chi connectivity index (χ4n) is 5.22. The first kappa shape index (κ1) is 41.6. The molecule has 0 spiro atoms. The zero-order chi connectivity index (χ0) is 39.0. The molecule has 54 heavy (non-hydrogen) atoms. The second kappa shape index (κ2) is 20.9. The maximum Gasteiger partial charge on any atom is 0.348 e. The summed E-state index contributed by atoms with van der Waals surface area (Å²) in [5.74, 6) is -1.50. The van der Waals surface area contributed by atoms with Crippen LogP contribution in [-0.4, -0.2) is 49.3 Å². The van der Waals surface area contributed by atoms with Gasteiger partial charge >= 0.3 is 23.9 Å². The lowest BCUT2D eigenvalue weighted by Crippen LogP contribution is -2.33. The summed E-state index contributed by atoms with van der Waals surface area (Å²) in [7, 11) is 0. The van der Waals surface area contributed by atoms with Crippen LogP contribution in [0.5, 0.6) is 11.5 Å². The molecule has 3 atom stereocenters. The summed E-state index contributed by atoms with van der Waals surface area (Å²) in [5.41, 5.74) is 4.07. The SMILES string of the molecule is CCCCCCCOc1ccc(-c2ccc(C(=O)Oc3ccc(-c4ccc(C(=O)OC(C)C(=O)OC(C)C(=O)OCC(C)CC)cc4)cc3)cc2)cc1Cl. The third-order valence-corrected chi connectivity index (χ3v) is 9.15. The van der Waals surface area contributed by atoms with Crippen LogP contribution in [-0.2, 0) is 23.8 Å². The minimum absolute atomic E-state index is 0.190. The maximum atomic E-state index is 12.9. The van der Waals surface area contributed by atoms with E-state index in [0.717, 1.165) is 41.5 Å². The summed E-state index contributed by atoms with van der Waals surface area (Å²) < 4.78 is 27.0. The average Bonchev–Trinajstić information content (AvgIpc) is 3.18. The minimum atomic E-state index is -1.23. The lowest BCUT2D eigenvalue weighted by molar-refractivity contribution is -0.172. The molecule has 0 radical (unpaired) electrons. The molecule has 0 saturated carbocycles. The summed E-state index contributed by atoms with van der Waals surface area (Å²) in [6, 6.07) is 26.4. The molecule has 0 aromatic heterocycles. The van der Waals surface area contributed by atoms with Crippen LogP contribution in [0.3, 0.4) is 0 Å². The van der Waals surface area contributed by atoms with Gasteiger partial charge in [-0.1, -0.05) is 107 Å². The Morgan fingerprint density at radius 1 is 0.611 bits per heavy atom. The van der Waals surface area contributed by atoms with Gasteiger partial charge in [0.1, 0.15) is 11.5 Å². The number of rotatable bonds is 19. The second-order valence-electron chi connectivity index (χ2n) is 13.2. The van der Waals surface area contributed by atoms with Crippen LogP contribution in [0, 0.1) is 5.92 Å². The fourth-order valence-corrected chi connectivity index (χ4v) is 5.45. The highest BCUT2D eigenvalue weighted by Crippen LogP contribution is 2.31. The third-order valence-electron chi connectivity index (χ3n) is 8.86. The molecule has 286 valence electrons. The van der Waals surface area contributed by atoms with Gasteiger partial charge in [0, 0.05) is 0 Å². The van der Waals surface area contributed by atoms with Crippen LogP contribution in [0.2, 0.25) is 5.02 Å². The number of esters is 4. The van der Waals surface area contributed by atoms with Gasteiger partial charge in [0.2, 0.25) is 0 Å². The smallest absolute Gasteiger partial charge is 0.348 e. The Bertz CT molecular complexity index is 1840. The molecule has 0 aliphatic carbocycles. The van der Waals surface area contributed by atoms with Crippen molar-refractivity contribution in [3.63, 3.8) is 0 Å². The predicted molar refractivity (Wildman–Crippen MR) is 209 cm³/mol. The molecule has 3 unspecified atom stereocenters. The zero-order valence-electron chi connectivity index (χ0n) is 31.6. The number of hydrogen-bond donors (Lipinski definition) is 0. The lowest BCUT2D eigenvalue weighted by Gasteiger charge is -2.17. The number of carbonyl (C=O) groups is 4. The Hall–Kier alpha value is -5.15. The van der Waals surface area contributed by atoms with Crippen LogP contribution in [0.25, 0.3) is 22.3 Å². The summed E-state index contributed by atoms with van der Waals surface area (Å²) in [6.45, 7) is 9.77. The van der Waals surface area contributed by atoms with Crippen molar-refractivity contribution in [2.75, 3.05) is 13.2 Å². The summed E-state index contributed by atoms with van der Waals surface area (Å²) >= 11 is 6.50. The normalized spacial score (nSPS) is 12.6. The Morgan fingerprint density at radius 3 is 1.74 bits per heavy atom. The fraction of sp³-hybridized carbons (Fsp3) is 0.364. The van der Waals surface area contributed by atoms with Crippen LogP contribution in [0.15, 0.2) is 91.0 Å². The highest BCUT2D eigenvalue weighted by Gasteiger charge is 2.26. The number of unbranched alkanes of at least 4 members (excludes halogenated alkanes) is 4. The predicted octanol–water partition coefficient (Wildman–Crippen LogP) is 10.3. The molecule has 0 N–H and O–H groups in total. The van der Waals surface area contributed by atoms with Crippen molar-refractivity contribution in [2.24, 2.45) is 5.92 Å². The standard InChI is InChI=1S/C44H49ClO9/c1-6-8-9-10-11-26-50-40-25-22-37(27-39(40)45)34-14-18-36(19-15-34)44(49)54-38-23-20-33(21-24-38)32-12-16-35(17-13-32)43(48)53-31(5)42(47)52-30(4)41(46)51-28-29(3)7-2/h12-25,27,29-31H,6-11,26,28H2,1-5H3. The van der Waals surface area contributed by atoms with E-state index in [-0.39, 0.29) is 18.1 Å². The number of halogens is 1. The van der Waals surface area contributed by atoms with E-state index in [1.54, 1.807) is 60.7 Å². The molecule has 4 aromatic rings. The molecule has 0 bridgehead atoms. The molecule has 0 heterocycles. The van der Waals surface area contributed by atoms with Gasteiger partial charge in [-0.15, -0.1) is 0 Å². The monoisotopic (exact) mass is 756 g/mol. The van der Waals surface area contributed by atoms with Crippen molar-refractivity contribution in [3.8, 4) is 33.8 Å². The first-order chi connectivity index (χ1) is 26.0. The lowest BCUT2D eigenvalue weighted by atomic mass is 10.0. The van der Waals surface area contributed by atoms with Gasteiger partial charge < -0.3 is 23.7 Å². The van der Waals surface area contributed by atoms with Gasteiger partial charge in [0.05, 0.1) is 29.4 Å². The summed E-state index contributed by atoms with van der Waals surface area (Å²) in [5, 5.41) is 0.542. The largest absolute Gasteiger partial charge is 0.492 e. The molecular formula is C44H49ClO9. The van der Waals surface area contributed by atoms with Crippen molar-refractivity contribution in [1.82, 2.24) is 0 Å². The molecule has 0 amide bonds. The zero-order valence-corrected chi connectivity index (χ0v) is 32.4. The Balaban J connectivity index is 1.25. The molecule has 9 nitrogen and oxygen atoms in total. The highest BCUT2D eigenvalue weighted by molar-refractivity contribution is 6.32. The van der Waals surface area contributed by atoms with Crippen LogP contribution in [0.1, 0.15) is 93.9 Å². The molecule has 10 heteroatoms. The Kier molecular flexibility index (Phi) is 16.1. The van der Waals surface area contributed by atoms with Gasteiger partial charge in [-0.25, -0.2) is 19.2 Å². The van der Waals surface area contributed by atoms with Crippen LogP contribution >= 0.6 is 11.6 Å². The van der Waals surface area contributed by atoms with Crippen molar-refractivity contribution < 1.29 is 42.9 Å². The second-order valence-corrected chi connectivity index (χ2v) is 13.7. The van der Waals surface area contributed by atoms with E-state index in [2.05, 4.69) is 6.92 Å². The Labute approximate surface area is 322 Å². The minimum Gasteiger partial charge on any atom is -0.492 e. The molecule has 4 aromatic carbocycles. The first-order valence-electron chi connectivity index (χ1n) is 18.5. The molecule has 0 aliphatic rings. The Morgan fingerprint density at radius 2 is 1.15 bits per heavy atom. The van der Waals surface area contributed by atoms with Crippen molar-refractivity contribution in [2.45, 2.75) is 85.4 Å². The highest BCUT2D eigenvalue weighted by atomic mass is 35.5. The number of ether oxygens (including phenoxy) is 5. The van der Waals surface area contributed by atoms with Crippen LogP contribution in [0.4, 0.5) is 0 Å². The molecule has 0 fully saturated rings. The third kappa shape index (κ3) is 12.5. The number of benzene rings is 4. The van der Waals surface area contributed by atoms with Gasteiger partial charge in [-0.2, -0.15) is 0 Å². The topological polar surface area (TPSA) is 114 Å². The molecule has 0 saturated heterocycles. The van der Waals surface area contributed by atoms with Crippen molar-refractivity contribution >= 4 is 35.5 Å². The maximum absolute atomic E-state index is 12.9. The van der Waals surface area contributed by atoms with E-state index in [1.165, 1.54) is 33.1 Å². The van der Waals surface area contributed by atoms with Gasteiger partial charge in [0.25, 0.3) is 0 Å². The molecule has 0 aliphatic heterocycles. The molecular weight excluding hydrogens is 708 g/mol. The van der Waals surface area contributed by atoms with E-state index >= 15 is 0 Å². The van der Waals surface area contributed by atoms with Gasteiger partial charge in [-0.3, -0.25) is 0 Å². The van der Waals surface area contributed by atoms with Gasteiger partial charge in [0.15, 0.2) is 12.2 Å². The first-order valence-corrected chi connectivity index (χ1v) is 18.9. The van der Waals surface area contributed by atoms with E-state index < -0.39 is 36.1 Å². The van der Waals surface area contributed by atoms with Crippen LogP contribution < -0.4 is 9.47 Å². The summed E-state index contributed by atoms with van der Waals surface area (Å²) in [4.78, 5) is 50.1. The van der Waals surface area contributed by atoms with E-state index in [0.29, 0.717) is 28.7 Å². The van der Waals surface area contributed by atoms with E-state index in [4.69, 9.17) is 35.3 Å². The van der Waals surface area contributed by atoms with E-state index in [1.807, 2.05) is 44.2 Å². The number of carbonyl (C=O) groups excluding carboxylic acids is 4. The van der Waals surface area contributed by atoms with Crippen molar-refractivity contribution in [3.05, 3.63) is 107 Å². The van der Waals surface area contributed by atoms with E-state index in [9.17, 15) is 19.2 Å². The summed E-state index contributed by atoms with van der Waals surface area (Å²) in [6.07, 6.45) is 4.29. The number of hydrogen-bond acceptors (Lipinski definition) is 9. The quantitative estimate of drug-likeness (QED) is 0.0399. The molecule has 4 rings (SSSR count). The van der Waals surface area contributed by atoms with Crippen molar-refractivity contribution in [1.29, 1.82) is 0 Å². The van der Waals surface area contributed by atoms with Gasteiger partial charge in [-0.05, 0) is 97.0 Å².